The molecule has 3 aromatic rings. The van der Waals surface area contributed by atoms with Crippen molar-refractivity contribution in [3.8, 4) is 5.69 Å². The van der Waals surface area contributed by atoms with Crippen LogP contribution in [0.25, 0.3) is 5.69 Å². The Morgan fingerprint density at radius 3 is 2.31 bits per heavy atom. The Kier molecular flexibility index (Phi) is 6.93. The number of rotatable bonds is 6. The van der Waals surface area contributed by atoms with Crippen LogP contribution >= 0.6 is 22.9 Å². The highest BCUT2D eigenvalue weighted by molar-refractivity contribution is 7.18. The van der Waals surface area contributed by atoms with Crippen LogP contribution in [-0.4, -0.2) is 52.4 Å². The summed E-state index contributed by atoms with van der Waals surface area (Å²) in [5.41, 5.74) is 0.905. The Morgan fingerprint density at radius 1 is 0.889 bits per heavy atom. The number of pyridine rings is 1. The summed E-state index contributed by atoms with van der Waals surface area (Å²) in [6.07, 6.45) is 4.01. The Balaban J connectivity index is 1.31. The Hall–Kier alpha value is -3.43. The second-order valence-corrected chi connectivity index (χ2v) is 10.8. The van der Waals surface area contributed by atoms with Crippen LogP contribution in [0.4, 0.5) is 0 Å². The van der Waals surface area contributed by atoms with E-state index in [0.717, 1.165) is 12.8 Å². The maximum atomic E-state index is 13.1. The number of carbonyl (C=O) groups excluding carboxylic acids is 3. The van der Waals surface area contributed by atoms with Gasteiger partial charge in [-0.05, 0) is 61.7 Å². The first-order chi connectivity index (χ1) is 17.4. The summed E-state index contributed by atoms with van der Waals surface area (Å²) in [7, 11) is 0. The average Bonchev–Trinajstić information content (AvgIpc) is 3.64. The number of hydrogen-bond acceptors (Lipinski definition) is 5. The standard InChI is InChI=1S/C26H25ClN4O4S/c27-22-11-10-21(36-22)25(34)28-19-12-14-30(26(35)17-4-5-17)15-20(19)29-24(33)16-6-8-18(9-7-16)31-13-2-1-3-23(31)32/h1-3,6-11,13,17,19-20H,4-5,12,14-15H2,(H,28,34)(H,29,33)/t19-,20+/m0/s1. The topological polar surface area (TPSA) is 101 Å². The molecule has 0 radical (unpaired) electrons. The van der Waals surface area contributed by atoms with Crippen molar-refractivity contribution in [2.75, 3.05) is 13.1 Å². The number of amides is 3. The Morgan fingerprint density at radius 2 is 1.64 bits per heavy atom. The van der Waals surface area contributed by atoms with Crippen LogP contribution in [0.5, 0.6) is 0 Å². The van der Waals surface area contributed by atoms with Crippen molar-refractivity contribution in [1.82, 2.24) is 20.1 Å². The van der Waals surface area contributed by atoms with Gasteiger partial charge in [-0.1, -0.05) is 17.7 Å². The molecule has 2 aliphatic rings. The maximum absolute atomic E-state index is 13.1. The minimum atomic E-state index is -0.454. The lowest BCUT2D eigenvalue weighted by Gasteiger charge is -2.39. The maximum Gasteiger partial charge on any atom is 0.261 e. The summed E-state index contributed by atoms with van der Waals surface area (Å²) in [6, 6.07) is 14.2. The fourth-order valence-electron chi connectivity index (χ4n) is 4.40. The number of hydrogen-bond donors (Lipinski definition) is 2. The minimum absolute atomic E-state index is 0.0784. The predicted molar refractivity (Wildman–Crippen MR) is 138 cm³/mol. The fraction of sp³-hybridized carbons (Fsp3) is 0.308. The lowest BCUT2D eigenvalue weighted by molar-refractivity contribution is -0.134. The van der Waals surface area contributed by atoms with Crippen molar-refractivity contribution in [2.45, 2.75) is 31.3 Å². The SMILES string of the molecule is O=C(N[C@@H]1CN(C(=O)C2CC2)CC[C@@H]1NC(=O)c1ccc(Cl)s1)c1ccc(-n2ccccc2=O)cc1. The van der Waals surface area contributed by atoms with Crippen molar-refractivity contribution >= 4 is 40.7 Å². The van der Waals surface area contributed by atoms with Crippen LogP contribution < -0.4 is 16.2 Å². The molecule has 3 heterocycles. The molecule has 0 spiro atoms. The van der Waals surface area contributed by atoms with Crippen LogP contribution in [0, 0.1) is 5.92 Å². The number of thiophene rings is 1. The van der Waals surface area contributed by atoms with E-state index >= 15 is 0 Å². The third-order valence-corrected chi connectivity index (χ3v) is 7.74. The van der Waals surface area contributed by atoms with Gasteiger partial charge in [0.15, 0.2) is 0 Å². The first-order valence-corrected chi connectivity index (χ1v) is 13.0. The number of carbonyl (C=O) groups is 3. The first-order valence-electron chi connectivity index (χ1n) is 11.8. The monoisotopic (exact) mass is 524 g/mol. The average molecular weight is 525 g/mol. The van der Waals surface area contributed by atoms with Crippen LogP contribution in [0.3, 0.4) is 0 Å². The van der Waals surface area contributed by atoms with E-state index in [1.54, 1.807) is 59.6 Å². The zero-order valence-electron chi connectivity index (χ0n) is 19.4. The minimum Gasteiger partial charge on any atom is -0.346 e. The van der Waals surface area contributed by atoms with Crippen LogP contribution in [0.15, 0.2) is 65.6 Å². The largest absolute Gasteiger partial charge is 0.346 e. The quantitative estimate of drug-likeness (QED) is 0.517. The molecular formula is C26H25ClN4O4S. The number of benzene rings is 1. The smallest absolute Gasteiger partial charge is 0.261 e. The molecule has 8 nitrogen and oxygen atoms in total. The number of likely N-dealkylation sites (tertiary alicyclic amines) is 1. The summed E-state index contributed by atoms with van der Waals surface area (Å²) in [5, 5.41) is 6.04. The summed E-state index contributed by atoms with van der Waals surface area (Å²) >= 11 is 7.17. The van der Waals surface area contributed by atoms with E-state index in [9.17, 15) is 19.2 Å². The molecule has 3 amide bonds. The van der Waals surface area contributed by atoms with E-state index < -0.39 is 6.04 Å². The van der Waals surface area contributed by atoms with Gasteiger partial charge >= 0.3 is 0 Å². The van der Waals surface area contributed by atoms with Gasteiger partial charge in [-0.3, -0.25) is 23.7 Å². The number of halogens is 1. The van der Waals surface area contributed by atoms with E-state index in [1.807, 2.05) is 0 Å². The third-order valence-electron chi connectivity index (χ3n) is 6.51. The molecule has 2 fully saturated rings. The van der Waals surface area contributed by atoms with Crippen molar-refractivity contribution < 1.29 is 14.4 Å². The van der Waals surface area contributed by atoms with Crippen LogP contribution in [0.2, 0.25) is 4.34 Å². The molecule has 2 aromatic heterocycles. The van der Waals surface area contributed by atoms with Gasteiger partial charge in [-0.15, -0.1) is 11.3 Å². The molecule has 36 heavy (non-hydrogen) atoms. The predicted octanol–water partition coefficient (Wildman–Crippen LogP) is 3.09. The third kappa shape index (κ3) is 5.37. The summed E-state index contributed by atoms with van der Waals surface area (Å²) in [6.45, 7) is 0.854. The highest BCUT2D eigenvalue weighted by atomic mass is 35.5. The summed E-state index contributed by atoms with van der Waals surface area (Å²) in [4.78, 5) is 53.0. The molecule has 10 heteroatoms. The zero-order valence-corrected chi connectivity index (χ0v) is 20.9. The van der Waals surface area contributed by atoms with Crippen molar-refractivity contribution in [3.63, 3.8) is 0 Å². The van der Waals surface area contributed by atoms with E-state index in [-0.39, 0.29) is 35.2 Å². The van der Waals surface area contributed by atoms with Gasteiger partial charge in [0.25, 0.3) is 17.4 Å². The fourth-order valence-corrected chi connectivity index (χ4v) is 5.35. The molecule has 1 aliphatic heterocycles. The number of aromatic nitrogens is 1. The molecule has 2 N–H and O–H groups in total. The molecule has 186 valence electrons. The molecule has 1 saturated carbocycles. The van der Waals surface area contributed by atoms with Crippen molar-refractivity contribution in [2.24, 2.45) is 5.92 Å². The van der Waals surface area contributed by atoms with Gasteiger partial charge in [0.2, 0.25) is 5.91 Å². The Bertz CT molecular complexity index is 1350. The molecule has 1 aromatic carbocycles. The molecule has 0 bridgehead atoms. The van der Waals surface area contributed by atoms with Gasteiger partial charge in [0, 0.05) is 42.5 Å². The zero-order chi connectivity index (χ0) is 25.2. The summed E-state index contributed by atoms with van der Waals surface area (Å²) in [5.74, 6) is -0.377. The van der Waals surface area contributed by atoms with Gasteiger partial charge in [-0.2, -0.15) is 0 Å². The summed E-state index contributed by atoms with van der Waals surface area (Å²) < 4.78 is 2.02. The van der Waals surface area contributed by atoms with Gasteiger partial charge < -0.3 is 15.5 Å². The molecule has 1 saturated heterocycles. The molecular weight excluding hydrogens is 500 g/mol. The van der Waals surface area contributed by atoms with Gasteiger partial charge in [-0.25, -0.2) is 0 Å². The molecule has 2 atom stereocenters. The van der Waals surface area contributed by atoms with Crippen LogP contribution in [0.1, 0.15) is 39.3 Å². The first kappa shape index (κ1) is 24.3. The Labute approximate surface area is 216 Å². The normalized spacial score (nSPS) is 19.5. The van der Waals surface area contributed by atoms with Crippen molar-refractivity contribution in [3.05, 3.63) is 85.9 Å². The van der Waals surface area contributed by atoms with E-state index in [0.29, 0.717) is 40.0 Å². The number of piperidine rings is 1. The van der Waals surface area contributed by atoms with E-state index in [1.165, 1.54) is 22.0 Å². The van der Waals surface area contributed by atoms with Gasteiger partial charge in [0.05, 0.1) is 21.3 Å². The number of nitrogens with one attached hydrogen (secondary N) is 2. The second-order valence-electron chi connectivity index (χ2n) is 9.07. The molecule has 1 aliphatic carbocycles. The molecule has 5 rings (SSSR count). The van der Waals surface area contributed by atoms with E-state index in [2.05, 4.69) is 10.6 Å². The molecule has 0 unspecified atom stereocenters. The van der Waals surface area contributed by atoms with Gasteiger partial charge in [0.1, 0.15) is 0 Å². The van der Waals surface area contributed by atoms with Crippen LogP contribution in [-0.2, 0) is 4.79 Å². The number of nitrogens with zero attached hydrogens (tertiary/aromatic N) is 2. The van der Waals surface area contributed by atoms with E-state index in [4.69, 9.17) is 11.6 Å². The highest BCUT2D eigenvalue weighted by Crippen LogP contribution is 2.32. The van der Waals surface area contributed by atoms with Crippen molar-refractivity contribution in [1.29, 1.82) is 0 Å². The lowest BCUT2D eigenvalue weighted by atomic mass is 9.97. The highest BCUT2D eigenvalue weighted by Gasteiger charge is 2.39. The second kappa shape index (κ2) is 10.3. The lowest BCUT2D eigenvalue weighted by Crippen LogP contribution is -2.61.